The molecular formula is C58H101O11P. The van der Waals surface area contributed by atoms with Gasteiger partial charge in [0.15, 0.2) is 6.10 Å². The summed E-state index contributed by atoms with van der Waals surface area (Å²) in [6.45, 7) is 4.44. The summed E-state index contributed by atoms with van der Waals surface area (Å²) in [5, 5.41) is 9.78. The third-order valence-corrected chi connectivity index (χ3v) is 12.5. The summed E-state index contributed by atoms with van der Waals surface area (Å²) >= 11 is 0. The summed E-state index contributed by atoms with van der Waals surface area (Å²) < 4.78 is 39.4. The molecule has 0 aliphatic heterocycles. The molecule has 0 saturated heterocycles. The highest BCUT2D eigenvalue weighted by molar-refractivity contribution is 7.47. The zero-order valence-electron chi connectivity index (χ0n) is 44.5. The van der Waals surface area contributed by atoms with Gasteiger partial charge < -0.3 is 24.2 Å². The number of carbonyl (C=O) groups excluding carboxylic acids is 3. The van der Waals surface area contributed by atoms with Crippen LogP contribution in [0.2, 0.25) is 0 Å². The van der Waals surface area contributed by atoms with Crippen LogP contribution in [0.1, 0.15) is 239 Å². The van der Waals surface area contributed by atoms with E-state index in [4.69, 9.17) is 23.3 Å². The molecule has 2 N–H and O–H groups in total. The molecule has 70 heavy (non-hydrogen) atoms. The fourth-order valence-corrected chi connectivity index (χ4v) is 8.11. The molecule has 0 aromatic heterocycles. The van der Waals surface area contributed by atoms with Crippen LogP contribution in [0, 0.1) is 0 Å². The molecule has 0 rings (SSSR count). The van der Waals surface area contributed by atoms with Gasteiger partial charge in [-0.1, -0.05) is 190 Å². The van der Waals surface area contributed by atoms with Gasteiger partial charge >= 0.3 is 25.7 Å². The van der Waals surface area contributed by atoms with E-state index in [0.717, 1.165) is 128 Å². The Morgan fingerprint density at radius 2 is 0.757 bits per heavy atom. The Hall–Kier alpha value is -3.08. The molecular weight excluding hydrogens is 904 g/mol. The molecule has 0 bridgehead atoms. The maximum absolute atomic E-state index is 12.9. The van der Waals surface area contributed by atoms with E-state index in [2.05, 4.69) is 93.7 Å². The van der Waals surface area contributed by atoms with Crippen LogP contribution in [0.15, 0.2) is 72.9 Å². The lowest BCUT2D eigenvalue weighted by molar-refractivity contribution is -0.161. The molecule has 11 nitrogen and oxygen atoms in total. The third-order valence-electron chi connectivity index (χ3n) is 11.6. The Morgan fingerprint density at radius 3 is 1.20 bits per heavy atom. The summed E-state index contributed by atoms with van der Waals surface area (Å²) in [6.07, 6.45) is 57.2. The van der Waals surface area contributed by atoms with E-state index in [1.54, 1.807) is 0 Å². The average molecular weight is 1010 g/mol. The summed E-state index contributed by atoms with van der Waals surface area (Å²) in [6, 6.07) is 0. The minimum Gasteiger partial charge on any atom is -0.462 e. The molecule has 12 heteroatoms. The van der Waals surface area contributed by atoms with E-state index in [0.29, 0.717) is 19.3 Å². The van der Waals surface area contributed by atoms with Gasteiger partial charge in [-0.3, -0.25) is 23.4 Å². The lowest BCUT2D eigenvalue weighted by Crippen LogP contribution is -2.30. The molecule has 0 fully saturated rings. The molecule has 404 valence electrons. The van der Waals surface area contributed by atoms with Crippen LogP contribution >= 0.6 is 7.82 Å². The standard InChI is InChI=1S/C58H101O11P/c1-4-7-10-13-16-19-22-24-26-27-29-30-33-35-38-41-44-47-56(60)65-51-55(69-58(62)49-46-43-40-37-34-31-28-25-23-20-17-14-11-8-5-2)53-67-70(63,64)66-52-54(50-59)68-57(61)48-45-42-39-36-32-21-18-15-12-9-6-3/h7,10,15-16,18-19,24-26,28-30,54-55,59H,4-6,8-9,11-14,17,20-23,27,31-53H2,1-3H3,(H,63,64)/b10-7-,18-15-,19-16-,26-24-,28-25-,30-29-. The van der Waals surface area contributed by atoms with E-state index in [1.165, 1.54) is 51.4 Å². The van der Waals surface area contributed by atoms with E-state index >= 15 is 0 Å². The van der Waals surface area contributed by atoms with Crippen molar-refractivity contribution in [2.75, 3.05) is 26.4 Å². The smallest absolute Gasteiger partial charge is 0.462 e. The molecule has 0 radical (unpaired) electrons. The molecule has 0 spiro atoms. The second kappa shape index (κ2) is 52.2. The minimum absolute atomic E-state index is 0.150. The monoisotopic (exact) mass is 1000 g/mol. The number of carbonyl (C=O) groups is 3. The van der Waals surface area contributed by atoms with E-state index < -0.39 is 57.8 Å². The van der Waals surface area contributed by atoms with Gasteiger partial charge in [-0.25, -0.2) is 4.57 Å². The molecule has 0 heterocycles. The van der Waals surface area contributed by atoms with Crippen molar-refractivity contribution in [3.05, 3.63) is 72.9 Å². The summed E-state index contributed by atoms with van der Waals surface area (Å²) in [5.41, 5.74) is 0. The fourth-order valence-electron chi connectivity index (χ4n) is 7.32. The first-order valence-electron chi connectivity index (χ1n) is 27.8. The van der Waals surface area contributed by atoms with Gasteiger partial charge in [0.05, 0.1) is 19.8 Å². The Morgan fingerprint density at radius 1 is 0.414 bits per heavy atom. The highest BCUT2D eigenvalue weighted by Gasteiger charge is 2.28. The Labute approximate surface area is 427 Å². The van der Waals surface area contributed by atoms with Gasteiger partial charge in [-0.15, -0.1) is 0 Å². The second-order valence-electron chi connectivity index (χ2n) is 18.4. The highest BCUT2D eigenvalue weighted by atomic mass is 31.2. The molecule has 3 unspecified atom stereocenters. The number of phosphoric ester groups is 1. The zero-order valence-corrected chi connectivity index (χ0v) is 45.4. The molecule has 0 amide bonds. The lowest BCUT2D eigenvalue weighted by Gasteiger charge is -2.21. The number of hydrogen-bond acceptors (Lipinski definition) is 10. The first kappa shape index (κ1) is 66.9. The van der Waals surface area contributed by atoms with E-state index in [9.17, 15) is 28.9 Å². The molecule has 3 atom stereocenters. The van der Waals surface area contributed by atoms with Crippen molar-refractivity contribution in [3.8, 4) is 0 Å². The maximum atomic E-state index is 12.9. The average Bonchev–Trinajstić information content (AvgIpc) is 3.35. The third kappa shape index (κ3) is 49.9. The predicted octanol–water partition coefficient (Wildman–Crippen LogP) is 16.1. The summed E-state index contributed by atoms with van der Waals surface area (Å²) in [7, 11) is -4.75. The molecule has 0 aromatic carbocycles. The van der Waals surface area contributed by atoms with E-state index in [-0.39, 0.29) is 25.9 Å². The molecule has 0 saturated carbocycles. The van der Waals surface area contributed by atoms with Crippen LogP contribution < -0.4 is 0 Å². The first-order valence-corrected chi connectivity index (χ1v) is 29.3. The van der Waals surface area contributed by atoms with Crippen LogP contribution in [-0.4, -0.2) is 66.5 Å². The van der Waals surface area contributed by atoms with Crippen LogP contribution in [0.3, 0.4) is 0 Å². The largest absolute Gasteiger partial charge is 0.472 e. The van der Waals surface area contributed by atoms with Gasteiger partial charge in [-0.05, 0) is 103 Å². The van der Waals surface area contributed by atoms with E-state index in [1.807, 2.05) is 0 Å². The molecule has 0 aromatic rings. The van der Waals surface area contributed by atoms with Crippen molar-refractivity contribution in [2.24, 2.45) is 0 Å². The van der Waals surface area contributed by atoms with Crippen molar-refractivity contribution >= 4 is 25.7 Å². The number of aliphatic hydroxyl groups excluding tert-OH is 1. The number of esters is 3. The normalized spacial score (nSPS) is 14.0. The second-order valence-corrected chi connectivity index (χ2v) is 19.8. The van der Waals surface area contributed by atoms with Gasteiger partial charge in [0.25, 0.3) is 0 Å². The van der Waals surface area contributed by atoms with Gasteiger partial charge in [0, 0.05) is 19.3 Å². The highest BCUT2D eigenvalue weighted by Crippen LogP contribution is 2.43. The Kier molecular flexibility index (Phi) is 50.0. The number of aliphatic hydroxyl groups is 1. The Balaban J connectivity index is 4.79. The first-order chi connectivity index (χ1) is 34.2. The van der Waals surface area contributed by atoms with Crippen LogP contribution in [0.4, 0.5) is 0 Å². The van der Waals surface area contributed by atoms with Crippen molar-refractivity contribution in [1.82, 2.24) is 0 Å². The van der Waals surface area contributed by atoms with Crippen LogP contribution in [0.5, 0.6) is 0 Å². The lowest BCUT2D eigenvalue weighted by atomic mass is 10.1. The number of phosphoric acid groups is 1. The van der Waals surface area contributed by atoms with Crippen LogP contribution in [0.25, 0.3) is 0 Å². The van der Waals surface area contributed by atoms with Gasteiger partial charge in [0.1, 0.15) is 12.7 Å². The SMILES string of the molecule is CC/C=C\C/C=C\C/C=C\C/C=C\CCCCCCC(=O)OCC(COP(=O)(O)OCC(CO)OC(=O)CCCCCCC/C=C\CCCC)OC(=O)CCCCCCC/C=C\CCCCCCCC. The zero-order chi connectivity index (χ0) is 51.3. The fraction of sp³-hybridized carbons (Fsp3) is 0.741. The maximum Gasteiger partial charge on any atom is 0.472 e. The van der Waals surface area contributed by atoms with Gasteiger partial charge in [-0.2, -0.15) is 0 Å². The molecule has 0 aliphatic carbocycles. The van der Waals surface area contributed by atoms with Crippen molar-refractivity contribution in [3.63, 3.8) is 0 Å². The summed E-state index contributed by atoms with van der Waals surface area (Å²) in [4.78, 5) is 48.4. The summed E-state index contributed by atoms with van der Waals surface area (Å²) in [5.74, 6) is -1.51. The number of hydrogen-bond donors (Lipinski definition) is 2. The van der Waals surface area contributed by atoms with Crippen LogP contribution in [-0.2, 0) is 42.2 Å². The number of unbranched alkanes of at least 4 members (excludes halogenated alkanes) is 22. The van der Waals surface area contributed by atoms with Crippen molar-refractivity contribution < 1.29 is 52.2 Å². The quantitative estimate of drug-likeness (QED) is 0.0197. The Bertz CT molecular complexity index is 1450. The van der Waals surface area contributed by atoms with Gasteiger partial charge in [0.2, 0.25) is 0 Å². The van der Waals surface area contributed by atoms with Crippen molar-refractivity contribution in [1.29, 1.82) is 0 Å². The number of rotatable bonds is 51. The predicted molar refractivity (Wildman–Crippen MR) is 288 cm³/mol. The number of allylic oxidation sites excluding steroid dienone is 12. The number of ether oxygens (including phenoxy) is 3. The van der Waals surface area contributed by atoms with Crippen molar-refractivity contribution in [2.45, 2.75) is 251 Å². The molecule has 0 aliphatic rings. The topological polar surface area (TPSA) is 155 Å². The minimum atomic E-state index is -4.75.